The number of fused-ring (bicyclic) bond motifs is 1. The van der Waals surface area contributed by atoms with Gasteiger partial charge in [-0.1, -0.05) is 30.3 Å². The smallest absolute Gasteiger partial charge is 0.339 e. The van der Waals surface area contributed by atoms with E-state index >= 15 is 0 Å². The van der Waals surface area contributed by atoms with E-state index in [0.29, 0.717) is 11.3 Å². The summed E-state index contributed by atoms with van der Waals surface area (Å²) in [5.74, 6) is -0.148. The van der Waals surface area contributed by atoms with Crippen LogP contribution in [-0.2, 0) is 14.9 Å². The van der Waals surface area contributed by atoms with Crippen LogP contribution in [0.15, 0.2) is 95.1 Å². The Morgan fingerprint density at radius 2 is 1.72 bits per heavy atom. The molecule has 182 valence electrons. The summed E-state index contributed by atoms with van der Waals surface area (Å²) in [4.78, 5) is 26.3. The van der Waals surface area contributed by atoms with E-state index in [-0.39, 0.29) is 28.5 Å². The van der Waals surface area contributed by atoms with Gasteiger partial charge in [0.2, 0.25) is 0 Å². The van der Waals surface area contributed by atoms with E-state index in [1.807, 2.05) is 12.1 Å². The van der Waals surface area contributed by atoms with Crippen LogP contribution in [0.25, 0.3) is 10.9 Å². The third kappa shape index (κ3) is 5.80. The highest BCUT2D eigenvalue weighted by atomic mass is 32.2. The first kappa shape index (κ1) is 24.3. The number of hydrazone groups is 1. The number of nitro groups is 1. The minimum absolute atomic E-state index is 0.0491. The van der Waals surface area contributed by atoms with E-state index in [1.54, 1.807) is 36.5 Å². The van der Waals surface area contributed by atoms with Crippen LogP contribution in [0.3, 0.4) is 0 Å². The van der Waals surface area contributed by atoms with Crippen molar-refractivity contribution in [1.82, 2.24) is 10.4 Å². The maximum Gasteiger partial charge on any atom is 0.339 e. The number of ether oxygens (including phenoxy) is 1. The Kier molecular flexibility index (Phi) is 7.16. The van der Waals surface area contributed by atoms with Gasteiger partial charge in [0, 0.05) is 29.3 Å². The van der Waals surface area contributed by atoms with Crippen molar-refractivity contribution >= 4 is 38.8 Å². The first-order chi connectivity index (χ1) is 17.3. The summed E-state index contributed by atoms with van der Waals surface area (Å²) in [7, 11) is -4.27. The lowest BCUT2D eigenvalue weighted by Gasteiger charge is -2.09. The monoisotopic (exact) mass is 506 g/mol. The third-order valence-electron chi connectivity index (χ3n) is 4.80. The molecule has 1 aromatic heterocycles. The molecular formula is C24H18N4O7S. The number of nitro benzene ring substituents is 1. The zero-order chi connectivity index (χ0) is 25.5. The van der Waals surface area contributed by atoms with Crippen molar-refractivity contribution < 1.29 is 27.1 Å². The number of amides is 1. The summed E-state index contributed by atoms with van der Waals surface area (Å²) in [6, 6.07) is 19.5. The van der Waals surface area contributed by atoms with Gasteiger partial charge in [0.1, 0.15) is 16.2 Å². The molecule has 0 fully saturated rings. The van der Waals surface area contributed by atoms with Crippen LogP contribution in [0.1, 0.15) is 5.56 Å². The van der Waals surface area contributed by atoms with Crippen molar-refractivity contribution in [2.24, 2.45) is 5.10 Å². The molecule has 0 spiro atoms. The summed E-state index contributed by atoms with van der Waals surface area (Å²) >= 11 is 0. The van der Waals surface area contributed by atoms with Gasteiger partial charge in [-0.25, -0.2) is 5.43 Å². The highest BCUT2D eigenvalue weighted by molar-refractivity contribution is 7.87. The number of benzene rings is 3. The molecule has 0 atom stereocenters. The summed E-state index contributed by atoms with van der Waals surface area (Å²) in [6.07, 6.45) is 2.85. The van der Waals surface area contributed by atoms with Crippen molar-refractivity contribution in [2.45, 2.75) is 4.90 Å². The van der Waals surface area contributed by atoms with E-state index in [0.717, 1.165) is 29.7 Å². The number of non-ortho nitro benzene ring substituents is 1. The van der Waals surface area contributed by atoms with Gasteiger partial charge in [-0.2, -0.15) is 13.5 Å². The number of carbonyl (C=O) groups excluding carboxylic acids is 1. The van der Waals surface area contributed by atoms with Crippen LogP contribution in [0.2, 0.25) is 0 Å². The maximum atomic E-state index is 12.6. The first-order valence-electron chi connectivity index (χ1n) is 10.4. The molecule has 4 aromatic rings. The standard InChI is InChI=1S/C24H18N4O7S/c29-23(16-34-22-9-3-6-17-7-4-14-25-24(17)22)27-26-15-18-5-1-2-8-21(18)35-36(32,33)20-12-10-19(11-13-20)28(30)31/h1-15H,16H2,(H,27,29)/b26-15-. The Bertz CT molecular complexity index is 1550. The maximum absolute atomic E-state index is 12.6. The highest BCUT2D eigenvalue weighted by Crippen LogP contribution is 2.24. The van der Waals surface area contributed by atoms with Crippen molar-refractivity contribution in [3.8, 4) is 11.5 Å². The molecule has 36 heavy (non-hydrogen) atoms. The largest absolute Gasteiger partial charge is 0.481 e. The van der Waals surface area contributed by atoms with E-state index in [1.165, 1.54) is 18.3 Å². The zero-order valence-electron chi connectivity index (χ0n) is 18.5. The van der Waals surface area contributed by atoms with Gasteiger partial charge in [0.25, 0.3) is 11.6 Å². The van der Waals surface area contributed by atoms with Crippen LogP contribution >= 0.6 is 0 Å². The molecule has 1 heterocycles. The molecule has 0 saturated heterocycles. The predicted octanol–water partition coefficient (Wildman–Crippen LogP) is 3.44. The molecule has 11 nitrogen and oxygen atoms in total. The van der Waals surface area contributed by atoms with Gasteiger partial charge >= 0.3 is 10.1 Å². The molecular weight excluding hydrogens is 488 g/mol. The average Bonchev–Trinajstić information content (AvgIpc) is 2.88. The highest BCUT2D eigenvalue weighted by Gasteiger charge is 2.19. The van der Waals surface area contributed by atoms with E-state index < -0.39 is 20.9 Å². The summed E-state index contributed by atoms with van der Waals surface area (Å²) in [5, 5.41) is 15.5. The lowest BCUT2D eigenvalue weighted by Crippen LogP contribution is -2.24. The number of para-hydroxylation sites is 2. The Morgan fingerprint density at radius 3 is 2.50 bits per heavy atom. The van der Waals surface area contributed by atoms with Gasteiger partial charge in [0.05, 0.1) is 11.1 Å². The van der Waals surface area contributed by atoms with Crippen molar-refractivity contribution in [1.29, 1.82) is 0 Å². The second-order valence-corrected chi connectivity index (χ2v) is 8.79. The molecule has 0 unspecified atom stereocenters. The Morgan fingerprint density at radius 1 is 1.00 bits per heavy atom. The quantitative estimate of drug-likeness (QED) is 0.157. The van der Waals surface area contributed by atoms with Gasteiger partial charge in [-0.15, -0.1) is 0 Å². The number of nitrogens with one attached hydrogen (secondary N) is 1. The molecule has 0 bridgehead atoms. The number of carbonyl (C=O) groups is 1. The van der Waals surface area contributed by atoms with Crippen LogP contribution in [0.4, 0.5) is 5.69 Å². The molecule has 1 N–H and O–H groups in total. The van der Waals surface area contributed by atoms with Gasteiger partial charge in [-0.3, -0.25) is 19.9 Å². The van der Waals surface area contributed by atoms with Crippen LogP contribution in [0.5, 0.6) is 11.5 Å². The van der Waals surface area contributed by atoms with Crippen molar-refractivity contribution in [3.05, 3.63) is 101 Å². The SMILES string of the molecule is O=C(COc1cccc2cccnc12)N/N=C\c1ccccc1OS(=O)(=O)c1ccc([N+](=O)[O-])cc1. The minimum atomic E-state index is -4.27. The van der Waals surface area contributed by atoms with Crippen LogP contribution < -0.4 is 14.3 Å². The second-order valence-electron chi connectivity index (χ2n) is 7.24. The molecule has 3 aromatic carbocycles. The fourth-order valence-electron chi connectivity index (χ4n) is 3.11. The lowest BCUT2D eigenvalue weighted by atomic mass is 10.2. The number of pyridine rings is 1. The van der Waals surface area contributed by atoms with Crippen LogP contribution in [-0.4, -0.2) is 37.1 Å². The summed E-state index contributed by atoms with van der Waals surface area (Å²) in [5.41, 5.74) is 2.94. The Labute approximate surface area is 205 Å². The molecule has 1 amide bonds. The summed E-state index contributed by atoms with van der Waals surface area (Å²) in [6.45, 7) is -0.320. The minimum Gasteiger partial charge on any atom is -0.481 e. The topological polar surface area (TPSA) is 150 Å². The molecule has 0 aliphatic rings. The fraction of sp³-hybridized carbons (Fsp3) is 0.0417. The number of hydrogen-bond donors (Lipinski definition) is 1. The molecule has 0 saturated carbocycles. The Balaban J connectivity index is 1.39. The molecule has 0 aliphatic heterocycles. The predicted molar refractivity (Wildman–Crippen MR) is 130 cm³/mol. The normalized spacial score (nSPS) is 11.3. The van der Waals surface area contributed by atoms with Gasteiger partial charge in [-0.05, 0) is 36.4 Å². The molecule has 12 heteroatoms. The summed E-state index contributed by atoms with van der Waals surface area (Å²) < 4.78 is 35.9. The van der Waals surface area contributed by atoms with Gasteiger partial charge in [0.15, 0.2) is 12.4 Å². The van der Waals surface area contributed by atoms with E-state index in [9.17, 15) is 23.3 Å². The average molecular weight is 506 g/mol. The number of rotatable bonds is 9. The van der Waals surface area contributed by atoms with Gasteiger partial charge < -0.3 is 8.92 Å². The number of nitrogens with zero attached hydrogens (tertiary/aromatic N) is 3. The van der Waals surface area contributed by atoms with Crippen molar-refractivity contribution in [2.75, 3.05) is 6.61 Å². The number of aromatic nitrogens is 1. The molecule has 4 rings (SSSR count). The lowest BCUT2D eigenvalue weighted by molar-refractivity contribution is -0.384. The van der Waals surface area contributed by atoms with E-state index in [4.69, 9.17) is 8.92 Å². The first-order valence-corrected chi connectivity index (χ1v) is 11.8. The second kappa shape index (κ2) is 10.6. The van der Waals surface area contributed by atoms with Crippen molar-refractivity contribution in [3.63, 3.8) is 0 Å². The third-order valence-corrected chi connectivity index (χ3v) is 6.05. The number of hydrogen-bond acceptors (Lipinski definition) is 9. The molecule has 0 aliphatic carbocycles. The zero-order valence-corrected chi connectivity index (χ0v) is 19.3. The fourth-order valence-corrected chi connectivity index (χ4v) is 4.06. The van der Waals surface area contributed by atoms with E-state index in [2.05, 4.69) is 15.5 Å². The Hall–Kier alpha value is -4.84. The van der Waals surface area contributed by atoms with Crippen LogP contribution in [0, 0.1) is 10.1 Å². The molecule has 0 radical (unpaired) electrons.